The van der Waals surface area contributed by atoms with Crippen molar-refractivity contribution in [2.75, 3.05) is 11.5 Å². The molecule has 90 valence electrons. The maximum atomic E-state index is 11.6. The second-order valence-electron chi connectivity index (χ2n) is 4.04. The monoisotopic (exact) mass is 258 g/mol. The van der Waals surface area contributed by atoms with E-state index in [9.17, 15) is 4.79 Å². The van der Waals surface area contributed by atoms with Crippen LogP contribution in [0.1, 0.15) is 26.7 Å². The second kappa shape index (κ2) is 5.45. The van der Waals surface area contributed by atoms with Crippen molar-refractivity contribution < 1.29 is 4.79 Å². The minimum absolute atomic E-state index is 0.0866. The van der Waals surface area contributed by atoms with Crippen LogP contribution in [0.2, 0.25) is 0 Å². The highest BCUT2D eigenvalue weighted by atomic mass is 32.2. The number of amidine groups is 1. The third kappa shape index (κ3) is 2.40. The van der Waals surface area contributed by atoms with E-state index in [-0.39, 0.29) is 11.9 Å². The van der Waals surface area contributed by atoms with Crippen LogP contribution in [0.5, 0.6) is 0 Å². The number of carbonyl (C=O) groups is 1. The first-order valence-electron chi connectivity index (χ1n) is 5.88. The van der Waals surface area contributed by atoms with Gasteiger partial charge in [0.25, 0.3) is 0 Å². The van der Waals surface area contributed by atoms with Crippen LogP contribution in [0.3, 0.4) is 0 Å². The smallest absolute Gasteiger partial charge is 0.250 e. The van der Waals surface area contributed by atoms with Crippen LogP contribution in [0, 0.1) is 0 Å². The number of thioether (sulfide) groups is 2. The van der Waals surface area contributed by atoms with Gasteiger partial charge in [-0.3, -0.25) is 9.79 Å². The molecule has 2 aliphatic heterocycles. The molecule has 1 fully saturated rings. The van der Waals surface area contributed by atoms with E-state index in [1.54, 1.807) is 0 Å². The zero-order valence-electron chi connectivity index (χ0n) is 9.73. The summed E-state index contributed by atoms with van der Waals surface area (Å²) in [6.45, 7) is 4.22. The molecule has 0 aromatic heterocycles. The van der Waals surface area contributed by atoms with Crippen LogP contribution >= 0.6 is 23.5 Å². The molecule has 3 nitrogen and oxygen atoms in total. The molecule has 3 unspecified atom stereocenters. The minimum Gasteiger partial charge on any atom is -0.312 e. The van der Waals surface area contributed by atoms with E-state index in [0.717, 1.165) is 24.4 Å². The Balaban J connectivity index is 2.08. The summed E-state index contributed by atoms with van der Waals surface area (Å²) in [7, 11) is 0. The van der Waals surface area contributed by atoms with Crippen molar-refractivity contribution in [1.29, 1.82) is 0 Å². The van der Waals surface area contributed by atoms with Crippen molar-refractivity contribution in [3.63, 3.8) is 0 Å². The molecule has 0 bridgehead atoms. The first-order chi connectivity index (χ1) is 7.76. The maximum absolute atomic E-state index is 11.6. The molecule has 0 aromatic carbocycles. The molecule has 1 N–H and O–H groups in total. The third-order valence-corrected chi connectivity index (χ3v) is 6.21. The van der Waals surface area contributed by atoms with Crippen molar-refractivity contribution in [2.24, 2.45) is 4.99 Å². The van der Waals surface area contributed by atoms with Gasteiger partial charge >= 0.3 is 0 Å². The van der Waals surface area contributed by atoms with Crippen molar-refractivity contribution in [2.45, 2.75) is 43.2 Å². The molecule has 0 aromatic rings. The first-order valence-corrected chi connectivity index (χ1v) is 7.97. The van der Waals surface area contributed by atoms with Crippen LogP contribution in [-0.4, -0.2) is 39.8 Å². The molecule has 1 amide bonds. The lowest BCUT2D eigenvalue weighted by Crippen LogP contribution is -2.40. The second-order valence-corrected chi connectivity index (χ2v) is 6.63. The number of nitrogens with zero attached hydrogens (tertiary/aromatic N) is 1. The molecule has 16 heavy (non-hydrogen) atoms. The number of rotatable bonds is 3. The molecule has 3 atom stereocenters. The van der Waals surface area contributed by atoms with Gasteiger partial charge in [-0.2, -0.15) is 11.8 Å². The van der Waals surface area contributed by atoms with E-state index in [2.05, 4.69) is 17.2 Å². The summed E-state index contributed by atoms with van der Waals surface area (Å²) in [5, 5.41) is 3.96. The Labute approximate surface area is 105 Å². The van der Waals surface area contributed by atoms with Gasteiger partial charge in [0.15, 0.2) is 0 Å². The Morgan fingerprint density at radius 3 is 2.69 bits per heavy atom. The molecule has 5 heteroatoms. The summed E-state index contributed by atoms with van der Waals surface area (Å²) in [5.41, 5.74) is 0. The summed E-state index contributed by atoms with van der Waals surface area (Å²) >= 11 is 3.96. The summed E-state index contributed by atoms with van der Waals surface area (Å²) in [6, 6.07) is -0.139. The van der Waals surface area contributed by atoms with E-state index in [1.165, 1.54) is 5.75 Å². The Morgan fingerprint density at radius 1 is 1.31 bits per heavy atom. The van der Waals surface area contributed by atoms with Crippen LogP contribution in [0.4, 0.5) is 0 Å². The van der Waals surface area contributed by atoms with E-state index in [1.807, 2.05) is 30.4 Å². The van der Waals surface area contributed by atoms with Gasteiger partial charge in [0.2, 0.25) is 5.91 Å². The highest BCUT2D eigenvalue weighted by Gasteiger charge is 2.35. The van der Waals surface area contributed by atoms with E-state index >= 15 is 0 Å². The maximum Gasteiger partial charge on any atom is 0.250 e. The van der Waals surface area contributed by atoms with Crippen LogP contribution < -0.4 is 5.32 Å². The number of amides is 1. The number of aliphatic imine (C=N–C) groups is 1. The lowest BCUT2D eigenvalue weighted by Gasteiger charge is -2.29. The lowest BCUT2D eigenvalue weighted by molar-refractivity contribution is -0.120. The van der Waals surface area contributed by atoms with Gasteiger partial charge in [0, 0.05) is 16.8 Å². The van der Waals surface area contributed by atoms with Crippen molar-refractivity contribution in [3.8, 4) is 0 Å². The molecular formula is C11H18N2OS2. The van der Waals surface area contributed by atoms with Gasteiger partial charge in [-0.25, -0.2) is 0 Å². The fourth-order valence-electron chi connectivity index (χ4n) is 2.05. The highest BCUT2D eigenvalue weighted by Crippen LogP contribution is 2.34. The van der Waals surface area contributed by atoms with Crippen LogP contribution in [0.25, 0.3) is 0 Å². The number of nitrogens with one attached hydrogen (secondary N) is 1. The number of hydrogen-bond donors (Lipinski definition) is 1. The summed E-state index contributed by atoms with van der Waals surface area (Å²) in [4.78, 5) is 16.1. The van der Waals surface area contributed by atoms with Crippen molar-refractivity contribution >= 4 is 35.3 Å². The average molecular weight is 258 g/mol. The van der Waals surface area contributed by atoms with Crippen LogP contribution in [0.15, 0.2) is 4.99 Å². The molecule has 2 aliphatic rings. The standard InChI is InChI=1S/C11H18N2OS2/c1-3-7-11(14)13-10(12-7)9-8(4-2)15-5-6-16-9/h7-9H,3-6H2,1-2H3,(H,12,13,14). The molecule has 2 heterocycles. The highest BCUT2D eigenvalue weighted by molar-refractivity contribution is 8.07. The zero-order valence-corrected chi connectivity index (χ0v) is 11.4. The Hall–Kier alpha value is -0.160. The number of carbonyl (C=O) groups excluding carboxylic acids is 1. The normalized spacial score (nSPS) is 34.8. The van der Waals surface area contributed by atoms with Crippen molar-refractivity contribution in [1.82, 2.24) is 5.32 Å². The van der Waals surface area contributed by atoms with Gasteiger partial charge in [0.05, 0.1) is 5.25 Å². The molecule has 0 spiro atoms. The third-order valence-electron chi connectivity index (χ3n) is 2.96. The van der Waals surface area contributed by atoms with E-state index < -0.39 is 0 Å². The molecule has 0 aliphatic carbocycles. The Bertz CT molecular complexity index is 306. The minimum atomic E-state index is -0.139. The van der Waals surface area contributed by atoms with Gasteiger partial charge in [-0.15, -0.1) is 11.8 Å². The van der Waals surface area contributed by atoms with Crippen molar-refractivity contribution in [3.05, 3.63) is 0 Å². The van der Waals surface area contributed by atoms with Crippen LogP contribution in [-0.2, 0) is 4.79 Å². The number of hydrogen-bond acceptors (Lipinski definition) is 4. The quantitative estimate of drug-likeness (QED) is 0.841. The molecular weight excluding hydrogens is 240 g/mol. The molecule has 2 rings (SSSR count). The van der Waals surface area contributed by atoms with E-state index in [4.69, 9.17) is 0 Å². The Kier molecular flexibility index (Phi) is 4.19. The zero-order chi connectivity index (χ0) is 11.5. The van der Waals surface area contributed by atoms with E-state index in [0.29, 0.717) is 10.5 Å². The lowest BCUT2D eigenvalue weighted by atomic mass is 10.2. The Morgan fingerprint density at radius 2 is 2.06 bits per heavy atom. The summed E-state index contributed by atoms with van der Waals surface area (Å²) < 4.78 is 0. The summed E-state index contributed by atoms with van der Waals surface area (Å²) in [5.74, 6) is 3.40. The molecule has 0 saturated carbocycles. The summed E-state index contributed by atoms with van der Waals surface area (Å²) in [6.07, 6.45) is 1.95. The predicted octanol–water partition coefficient (Wildman–Crippen LogP) is 1.92. The van der Waals surface area contributed by atoms with Gasteiger partial charge in [0.1, 0.15) is 11.9 Å². The average Bonchev–Trinajstić information content (AvgIpc) is 2.70. The molecule has 0 radical (unpaired) electrons. The fourth-order valence-corrected chi connectivity index (χ4v) is 5.07. The first kappa shape index (κ1) is 12.3. The van der Waals surface area contributed by atoms with Gasteiger partial charge < -0.3 is 5.32 Å². The largest absolute Gasteiger partial charge is 0.312 e. The predicted molar refractivity (Wildman–Crippen MR) is 72.4 cm³/mol. The van der Waals surface area contributed by atoms with Gasteiger partial charge in [-0.1, -0.05) is 13.8 Å². The van der Waals surface area contributed by atoms with Gasteiger partial charge in [-0.05, 0) is 12.8 Å². The molecule has 1 saturated heterocycles. The SMILES string of the molecule is CCC1N=C(C2SCCSC2CC)NC1=O. The topological polar surface area (TPSA) is 41.5 Å². The fraction of sp³-hybridized carbons (Fsp3) is 0.818.